The number of ether oxygens (including phenoxy) is 3. The number of alkyl halides is 6. The molecule has 1 fully saturated rings. The molecule has 0 unspecified atom stereocenters. The number of halogens is 6. The molecule has 2 aromatic carbocycles. The summed E-state index contributed by atoms with van der Waals surface area (Å²) in [5.74, 6) is -0.782. The van der Waals surface area contributed by atoms with Crippen LogP contribution in [0, 0.1) is 0 Å². The van der Waals surface area contributed by atoms with E-state index in [0.29, 0.717) is 24.9 Å². The van der Waals surface area contributed by atoms with Gasteiger partial charge in [0.1, 0.15) is 23.0 Å². The minimum Gasteiger partial charge on any atom is -0.493 e. The minimum absolute atomic E-state index is 0.00379. The fourth-order valence-corrected chi connectivity index (χ4v) is 4.95. The van der Waals surface area contributed by atoms with E-state index in [2.05, 4.69) is 20.4 Å². The number of aliphatic imine (C=N–C) groups is 1. The Labute approximate surface area is 296 Å². The number of carbonyl (C=O) groups excluding carboxylic acids is 2. The summed E-state index contributed by atoms with van der Waals surface area (Å²) in [6.45, 7) is 10.1. The lowest BCUT2D eigenvalue weighted by Crippen LogP contribution is -2.46. The lowest BCUT2D eigenvalue weighted by atomic mass is 10.1. The van der Waals surface area contributed by atoms with Gasteiger partial charge in [0.25, 0.3) is 0 Å². The van der Waals surface area contributed by atoms with E-state index >= 15 is 0 Å². The molecule has 17 heteroatoms. The van der Waals surface area contributed by atoms with Crippen molar-refractivity contribution in [3.63, 3.8) is 0 Å². The van der Waals surface area contributed by atoms with Crippen molar-refractivity contribution in [2.75, 3.05) is 13.2 Å². The Morgan fingerprint density at radius 3 is 2.25 bits per heavy atom. The van der Waals surface area contributed by atoms with Crippen molar-refractivity contribution in [3.8, 4) is 17.1 Å². The van der Waals surface area contributed by atoms with Crippen molar-refractivity contribution in [2.24, 2.45) is 4.99 Å². The Hall–Kier alpha value is -5.09. The molecule has 3 aromatic rings. The van der Waals surface area contributed by atoms with Crippen LogP contribution < -0.4 is 10.1 Å². The minimum atomic E-state index is -4.81. The standard InChI is InChI=1S/C35H39F6N5O6/c1-32(2,3)50-30(47)43-29(44-31(48)51-33(4,5)6)46-18-9-11-25(46)28-42-27(45-52-28)22-14-17-26(24(20-22)35(39,40)41)49-19-8-7-10-21-12-15-23(16-13-21)34(36,37)38/h7,10,12-17,20,25H,8-9,11,18-19H2,1-6H3,(H,43,44,47,48)/b10-7+/t25-/m0/s1. The molecule has 0 spiro atoms. The predicted octanol–water partition coefficient (Wildman–Crippen LogP) is 9.21. The lowest BCUT2D eigenvalue weighted by molar-refractivity contribution is -0.139. The molecule has 1 aliphatic rings. The quantitative estimate of drug-likeness (QED) is 0.109. The van der Waals surface area contributed by atoms with Crippen LogP contribution in [-0.2, 0) is 21.8 Å². The van der Waals surface area contributed by atoms with Gasteiger partial charge < -0.3 is 23.6 Å². The first-order valence-corrected chi connectivity index (χ1v) is 16.2. The van der Waals surface area contributed by atoms with E-state index in [9.17, 15) is 35.9 Å². The summed E-state index contributed by atoms with van der Waals surface area (Å²) in [5.41, 5.74) is -3.15. The highest BCUT2D eigenvalue weighted by atomic mass is 19.4. The third-order valence-electron chi connectivity index (χ3n) is 7.09. The topological polar surface area (TPSA) is 128 Å². The second-order valence-electron chi connectivity index (χ2n) is 13.7. The van der Waals surface area contributed by atoms with E-state index in [4.69, 9.17) is 18.7 Å². The van der Waals surface area contributed by atoms with Gasteiger partial charge in [0.15, 0.2) is 0 Å². The van der Waals surface area contributed by atoms with E-state index in [1.807, 2.05) is 0 Å². The van der Waals surface area contributed by atoms with Gasteiger partial charge in [-0.1, -0.05) is 29.4 Å². The van der Waals surface area contributed by atoms with Gasteiger partial charge in [0.2, 0.25) is 17.7 Å². The van der Waals surface area contributed by atoms with Crippen molar-refractivity contribution in [2.45, 2.75) is 90.4 Å². The molecular weight excluding hydrogens is 700 g/mol. The van der Waals surface area contributed by atoms with Crippen molar-refractivity contribution in [1.29, 1.82) is 0 Å². The summed E-state index contributed by atoms with van der Waals surface area (Å²) in [7, 11) is 0. The molecule has 1 aromatic heterocycles. The number of benzene rings is 2. The second-order valence-corrected chi connectivity index (χ2v) is 13.7. The molecule has 2 amide bonds. The number of aromatic nitrogens is 2. The van der Waals surface area contributed by atoms with Crippen molar-refractivity contribution >= 4 is 24.2 Å². The Morgan fingerprint density at radius 2 is 1.63 bits per heavy atom. The molecule has 1 atom stereocenters. The number of rotatable bonds is 7. The molecule has 52 heavy (non-hydrogen) atoms. The van der Waals surface area contributed by atoms with Crippen LogP contribution in [0.4, 0.5) is 35.9 Å². The van der Waals surface area contributed by atoms with Gasteiger partial charge in [-0.25, -0.2) is 9.59 Å². The Kier molecular flexibility index (Phi) is 11.9. The number of guanidine groups is 1. The predicted molar refractivity (Wildman–Crippen MR) is 177 cm³/mol. The fourth-order valence-electron chi connectivity index (χ4n) is 4.95. The molecule has 1 saturated heterocycles. The zero-order valence-electron chi connectivity index (χ0n) is 29.3. The van der Waals surface area contributed by atoms with Gasteiger partial charge in [-0.05, 0) is 96.7 Å². The van der Waals surface area contributed by atoms with Gasteiger partial charge >= 0.3 is 24.5 Å². The van der Waals surface area contributed by atoms with E-state index in [1.165, 1.54) is 29.2 Å². The monoisotopic (exact) mass is 739 g/mol. The average Bonchev–Trinajstić information content (AvgIpc) is 3.68. The summed E-state index contributed by atoms with van der Waals surface area (Å²) in [6, 6.07) is 7.02. The molecule has 0 aliphatic carbocycles. The van der Waals surface area contributed by atoms with Gasteiger partial charge in [-0.2, -0.15) is 31.3 Å². The van der Waals surface area contributed by atoms with Gasteiger partial charge in [0.05, 0.1) is 17.7 Å². The van der Waals surface area contributed by atoms with Crippen LogP contribution in [0.2, 0.25) is 0 Å². The van der Waals surface area contributed by atoms with Crippen LogP contribution in [0.3, 0.4) is 0 Å². The highest BCUT2D eigenvalue weighted by Crippen LogP contribution is 2.39. The summed E-state index contributed by atoms with van der Waals surface area (Å²) in [4.78, 5) is 35.2. The first-order chi connectivity index (χ1) is 24.1. The first kappa shape index (κ1) is 39.7. The van der Waals surface area contributed by atoms with Crippen molar-refractivity contribution in [3.05, 3.63) is 71.1 Å². The lowest BCUT2D eigenvalue weighted by Gasteiger charge is -2.27. The highest BCUT2D eigenvalue weighted by Gasteiger charge is 2.37. The van der Waals surface area contributed by atoms with E-state index < -0.39 is 58.7 Å². The van der Waals surface area contributed by atoms with Crippen molar-refractivity contribution in [1.82, 2.24) is 20.4 Å². The maximum atomic E-state index is 14.1. The number of nitrogens with zero attached hydrogens (tertiary/aromatic N) is 4. The number of hydrogen-bond acceptors (Lipinski definition) is 8. The molecule has 0 saturated carbocycles. The maximum Gasteiger partial charge on any atom is 0.437 e. The number of nitrogens with one attached hydrogen (secondary N) is 1. The smallest absolute Gasteiger partial charge is 0.437 e. The molecule has 1 aliphatic heterocycles. The largest absolute Gasteiger partial charge is 0.493 e. The number of alkyl carbamates (subject to hydrolysis) is 1. The Morgan fingerprint density at radius 1 is 0.962 bits per heavy atom. The normalized spacial score (nSPS) is 16.0. The molecule has 4 rings (SSSR count). The molecule has 0 radical (unpaired) electrons. The summed E-state index contributed by atoms with van der Waals surface area (Å²) in [6.07, 6.45) is -6.88. The van der Waals surface area contributed by atoms with E-state index in [1.54, 1.807) is 47.6 Å². The first-order valence-electron chi connectivity index (χ1n) is 16.2. The van der Waals surface area contributed by atoms with Crippen LogP contribution in [0.15, 0.2) is 58.1 Å². The summed E-state index contributed by atoms with van der Waals surface area (Å²) >= 11 is 0. The molecule has 1 N–H and O–H groups in total. The highest BCUT2D eigenvalue weighted by molar-refractivity contribution is 5.99. The SMILES string of the molecule is CC(C)(C)OC(=O)N=C(NC(=O)OC(C)(C)C)N1CCC[C@H]1c1nc(-c2ccc(OCC/C=C/c3ccc(C(F)(F)F)cc3)c(C(F)(F)F)c2)no1. The fraction of sp³-hybridized carbons (Fsp3) is 0.457. The molecule has 11 nitrogen and oxygen atoms in total. The van der Waals surface area contributed by atoms with Gasteiger partial charge in [-0.15, -0.1) is 4.99 Å². The Bertz CT molecular complexity index is 1770. The van der Waals surface area contributed by atoms with E-state index in [-0.39, 0.29) is 36.3 Å². The number of carbonyl (C=O) groups is 2. The van der Waals surface area contributed by atoms with Crippen molar-refractivity contribution < 1.29 is 54.7 Å². The third-order valence-corrected chi connectivity index (χ3v) is 7.09. The molecular formula is C35H39F6N5O6. The van der Waals surface area contributed by atoms with Crippen LogP contribution >= 0.6 is 0 Å². The molecule has 2 heterocycles. The molecule has 0 bridgehead atoms. The zero-order chi connectivity index (χ0) is 38.5. The maximum absolute atomic E-state index is 14.1. The van der Waals surface area contributed by atoms with Crippen LogP contribution in [-0.4, -0.2) is 57.5 Å². The van der Waals surface area contributed by atoms with Crippen LogP contribution in [0.1, 0.15) is 89.4 Å². The Balaban J connectivity index is 1.50. The average molecular weight is 740 g/mol. The third kappa shape index (κ3) is 11.5. The number of amides is 2. The summed E-state index contributed by atoms with van der Waals surface area (Å²) in [5, 5.41) is 6.38. The molecule has 282 valence electrons. The van der Waals surface area contributed by atoms with Gasteiger partial charge in [-0.3, -0.25) is 5.32 Å². The number of likely N-dealkylation sites (tertiary alicyclic amines) is 1. The van der Waals surface area contributed by atoms with Gasteiger partial charge in [0, 0.05) is 12.1 Å². The van der Waals surface area contributed by atoms with Crippen LogP contribution in [0.5, 0.6) is 5.75 Å². The number of hydrogen-bond donors (Lipinski definition) is 1. The zero-order valence-corrected chi connectivity index (χ0v) is 29.3. The van der Waals surface area contributed by atoms with E-state index in [0.717, 1.165) is 24.3 Å². The summed E-state index contributed by atoms with van der Waals surface area (Å²) < 4.78 is 102. The van der Waals surface area contributed by atoms with Crippen LogP contribution in [0.25, 0.3) is 17.5 Å². The second kappa shape index (κ2) is 15.7.